The molecule has 0 radical (unpaired) electrons. The Morgan fingerprint density at radius 3 is 1.16 bits per heavy atom. The van der Waals surface area contributed by atoms with Gasteiger partial charge in [0.25, 0.3) is 0 Å². The first-order valence-electron chi connectivity index (χ1n) is 16.4. The fourth-order valence-corrected chi connectivity index (χ4v) is 7.96. The second-order valence-corrected chi connectivity index (χ2v) is 12.6. The van der Waals surface area contributed by atoms with E-state index in [-0.39, 0.29) is 0 Å². The number of nitrogens with one attached hydrogen (secondary N) is 2. The van der Waals surface area contributed by atoms with Crippen LogP contribution in [0.1, 0.15) is 11.1 Å². The fourth-order valence-electron chi connectivity index (χ4n) is 7.96. The van der Waals surface area contributed by atoms with Gasteiger partial charge in [-0.05, 0) is 60.7 Å². The Kier molecular flexibility index (Phi) is 5.81. The molecule has 2 N–H and O–H groups in total. The largest absolute Gasteiger partial charge is 0.309 e. The lowest BCUT2D eigenvalue weighted by Crippen LogP contribution is -2.06. The molecule has 0 aliphatic rings. The number of hydrogen-bond donors (Lipinski definition) is 2. The van der Waals surface area contributed by atoms with Crippen LogP contribution in [0.15, 0.2) is 152 Å². The first kappa shape index (κ1) is 27.4. The molecule has 49 heavy (non-hydrogen) atoms. The maximum Gasteiger partial charge on any atom is 0.0571 e. The summed E-state index contributed by atoms with van der Waals surface area (Å²) in [5.41, 5.74) is 11.0. The highest BCUT2D eigenvalue weighted by molar-refractivity contribution is 6.19. The lowest BCUT2D eigenvalue weighted by Gasteiger charge is -2.18. The van der Waals surface area contributed by atoms with Crippen LogP contribution < -0.4 is 0 Å². The lowest BCUT2D eigenvalue weighted by atomic mass is 10.1. The van der Waals surface area contributed by atoms with E-state index in [4.69, 9.17) is 10.8 Å². The average Bonchev–Trinajstić information content (AvgIpc) is 3.79. The van der Waals surface area contributed by atoms with E-state index in [1.807, 2.05) is 6.07 Å². The summed E-state index contributed by atoms with van der Waals surface area (Å²) < 4.78 is 6.94. The number of fused-ring (bicyclic) bond motifs is 9. The van der Waals surface area contributed by atoms with Gasteiger partial charge < -0.3 is 24.5 Å². The highest BCUT2D eigenvalue weighted by Gasteiger charge is 2.22. The summed E-state index contributed by atoms with van der Waals surface area (Å²) in [5, 5.41) is 24.1. The molecule has 0 amide bonds. The van der Waals surface area contributed by atoms with Crippen LogP contribution in [0, 0.1) is 10.8 Å². The van der Waals surface area contributed by atoms with E-state index >= 15 is 0 Å². The molecule has 5 nitrogen and oxygen atoms in total. The quantitative estimate of drug-likeness (QED) is 0.178. The van der Waals surface area contributed by atoms with Crippen molar-refractivity contribution in [1.29, 1.82) is 10.8 Å². The van der Waals surface area contributed by atoms with Crippen LogP contribution in [0.4, 0.5) is 0 Å². The van der Waals surface area contributed by atoms with Crippen LogP contribution >= 0.6 is 0 Å². The fraction of sp³-hybridized carbons (Fsp3) is 0. The van der Waals surface area contributed by atoms with Crippen LogP contribution in [-0.2, 0) is 0 Å². The van der Waals surface area contributed by atoms with Gasteiger partial charge in [-0.15, -0.1) is 0 Å². The van der Waals surface area contributed by atoms with Crippen LogP contribution in [0.3, 0.4) is 0 Å². The SMILES string of the molecule is N=Cc1cc(C=N)c(-n2c3ccccc3c3cc4c(cc32)c2ccccc2n4-c2ccccc2)cc1-n1c2ccccc2c2ccccc21. The molecule has 230 valence electrons. The molecule has 0 spiro atoms. The molecule has 0 saturated carbocycles. The molecule has 0 atom stereocenters. The Bertz CT molecular complexity index is 2920. The second-order valence-electron chi connectivity index (χ2n) is 12.6. The lowest BCUT2D eigenvalue weighted by molar-refractivity contribution is 1.13. The van der Waals surface area contributed by atoms with Crippen molar-refractivity contribution in [2.75, 3.05) is 0 Å². The molecule has 0 fully saturated rings. The number of rotatable bonds is 5. The molecular formula is C44H29N5. The van der Waals surface area contributed by atoms with Crippen LogP contribution in [0.5, 0.6) is 0 Å². The van der Waals surface area contributed by atoms with E-state index in [9.17, 15) is 0 Å². The van der Waals surface area contributed by atoms with Gasteiger partial charge in [-0.25, -0.2) is 0 Å². The van der Waals surface area contributed by atoms with Crippen molar-refractivity contribution in [1.82, 2.24) is 13.7 Å². The minimum Gasteiger partial charge on any atom is -0.309 e. The molecule has 0 unspecified atom stereocenters. The van der Waals surface area contributed by atoms with Crippen molar-refractivity contribution in [2.24, 2.45) is 0 Å². The van der Waals surface area contributed by atoms with E-state index in [0.717, 1.165) is 72.1 Å². The van der Waals surface area contributed by atoms with Crippen LogP contribution in [-0.4, -0.2) is 26.1 Å². The van der Waals surface area contributed by atoms with Crippen molar-refractivity contribution in [3.8, 4) is 17.1 Å². The van der Waals surface area contributed by atoms with Gasteiger partial charge in [0, 0.05) is 61.6 Å². The minimum absolute atomic E-state index is 0.748. The standard InChI is InChI=1S/C44H29N5/c45-26-28-22-29(27-46)42(25-41(28)48-38-19-9-4-14-31(38)32-15-5-10-20-39(32)48)49-40-21-11-7-17-34(40)36-23-43-35(24-44(36)49)33-16-6-8-18-37(33)47(43)30-12-2-1-3-13-30/h1-27,45-46H. The normalized spacial score (nSPS) is 11.8. The van der Waals surface area contributed by atoms with Crippen LogP contribution in [0.2, 0.25) is 0 Å². The molecular weight excluding hydrogens is 599 g/mol. The zero-order valence-electron chi connectivity index (χ0n) is 26.4. The monoisotopic (exact) mass is 627 g/mol. The van der Waals surface area contributed by atoms with Gasteiger partial charge in [0.2, 0.25) is 0 Å². The van der Waals surface area contributed by atoms with Crippen molar-refractivity contribution in [3.63, 3.8) is 0 Å². The predicted molar refractivity (Wildman–Crippen MR) is 205 cm³/mol. The van der Waals surface area contributed by atoms with Gasteiger partial charge >= 0.3 is 0 Å². The highest BCUT2D eigenvalue weighted by Crippen LogP contribution is 2.41. The summed E-state index contributed by atoms with van der Waals surface area (Å²) in [6.07, 6.45) is 2.82. The third kappa shape index (κ3) is 3.81. The number of aromatic nitrogens is 3. The summed E-state index contributed by atoms with van der Waals surface area (Å²) in [7, 11) is 0. The minimum atomic E-state index is 0.748. The number of nitrogens with zero attached hydrogens (tertiary/aromatic N) is 3. The molecule has 0 aliphatic carbocycles. The van der Waals surface area contributed by atoms with E-state index in [0.29, 0.717) is 0 Å². The third-order valence-electron chi connectivity index (χ3n) is 10.0. The second kappa shape index (κ2) is 10.4. The summed E-state index contributed by atoms with van der Waals surface area (Å²) in [5.74, 6) is 0. The van der Waals surface area contributed by atoms with Crippen LogP contribution in [0.25, 0.3) is 82.5 Å². The molecule has 3 heterocycles. The maximum atomic E-state index is 8.60. The first-order valence-corrected chi connectivity index (χ1v) is 16.4. The molecule has 0 aliphatic heterocycles. The molecule has 0 bridgehead atoms. The highest BCUT2D eigenvalue weighted by atomic mass is 15.0. The van der Waals surface area contributed by atoms with E-state index in [1.165, 1.54) is 34.0 Å². The Morgan fingerprint density at radius 2 is 0.694 bits per heavy atom. The smallest absolute Gasteiger partial charge is 0.0571 e. The predicted octanol–water partition coefficient (Wildman–Crippen LogP) is 11.0. The third-order valence-corrected chi connectivity index (χ3v) is 10.0. The van der Waals surface area contributed by atoms with E-state index < -0.39 is 0 Å². The Hall–Kier alpha value is -6.72. The summed E-state index contributed by atoms with van der Waals surface area (Å²) in [6, 6.07) is 53.4. The number of hydrogen-bond acceptors (Lipinski definition) is 2. The maximum absolute atomic E-state index is 8.60. The Morgan fingerprint density at radius 1 is 0.327 bits per heavy atom. The van der Waals surface area contributed by atoms with Crippen molar-refractivity contribution < 1.29 is 0 Å². The van der Waals surface area contributed by atoms with Gasteiger partial charge in [0.1, 0.15) is 0 Å². The molecule has 10 rings (SSSR count). The topological polar surface area (TPSA) is 62.5 Å². The Labute approximate surface area is 281 Å². The van der Waals surface area contributed by atoms with Crippen molar-refractivity contribution in [3.05, 3.63) is 163 Å². The summed E-state index contributed by atoms with van der Waals surface area (Å²) >= 11 is 0. The summed E-state index contributed by atoms with van der Waals surface area (Å²) in [6.45, 7) is 0. The summed E-state index contributed by atoms with van der Waals surface area (Å²) in [4.78, 5) is 0. The van der Waals surface area contributed by atoms with E-state index in [1.54, 1.807) is 0 Å². The Balaban J connectivity index is 1.35. The van der Waals surface area contributed by atoms with Gasteiger partial charge in [-0.3, -0.25) is 0 Å². The molecule has 7 aromatic carbocycles. The van der Waals surface area contributed by atoms with Gasteiger partial charge in [-0.1, -0.05) is 91.0 Å². The average molecular weight is 628 g/mol. The first-order chi connectivity index (χ1) is 24.2. The zero-order valence-corrected chi connectivity index (χ0v) is 26.4. The van der Waals surface area contributed by atoms with Crippen molar-refractivity contribution in [2.45, 2.75) is 0 Å². The molecule has 5 heteroatoms. The van der Waals surface area contributed by atoms with Gasteiger partial charge in [-0.2, -0.15) is 0 Å². The van der Waals surface area contributed by atoms with E-state index in [2.05, 4.69) is 159 Å². The van der Waals surface area contributed by atoms with Gasteiger partial charge in [0.05, 0.1) is 44.5 Å². The van der Waals surface area contributed by atoms with Gasteiger partial charge in [0.15, 0.2) is 0 Å². The number of benzene rings is 7. The molecule has 3 aromatic heterocycles. The number of para-hydroxylation sites is 5. The zero-order chi connectivity index (χ0) is 32.6. The molecule has 10 aromatic rings. The molecule has 0 saturated heterocycles. The van der Waals surface area contributed by atoms with Crippen molar-refractivity contribution >= 4 is 77.8 Å².